The van der Waals surface area contributed by atoms with E-state index in [1.807, 2.05) is 4.90 Å². The van der Waals surface area contributed by atoms with Gasteiger partial charge in [-0.25, -0.2) is 8.78 Å². The Hall–Kier alpha value is -0.180. The molecule has 0 spiro atoms. The molecule has 0 radical (unpaired) electrons. The Balaban J connectivity index is 1.77. The van der Waals surface area contributed by atoms with Gasteiger partial charge in [-0.15, -0.1) is 0 Å². The molecule has 2 atom stereocenters. The molecule has 1 saturated carbocycles. The lowest BCUT2D eigenvalue weighted by atomic mass is 10.0. The van der Waals surface area contributed by atoms with E-state index in [-0.39, 0.29) is 6.54 Å². The summed E-state index contributed by atoms with van der Waals surface area (Å²) in [6, 6.07) is 0. The Kier molecular flexibility index (Phi) is 2.30. The van der Waals surface area contributed by atoms with E-state index in [1.54, 1.807) is 0 Å². The van der Waals surface area contributed by atoms with Gasteiger partial charge >= 0.3 is 0 Å². The van der Waals surface area contributed by atoms with Gasteiger partial charge in [0.1, 0.15) is 0 Å². The molecule has 13 heavy (non-hydrogen) atoms. The summed E-state index contributed by atoms with van der Waals surface area (Å²) in [5, 5.41) is 0. The van der Waals surface area contributed by atoms with E-state index < -0.39 is 6.43 Å². The number of likely N-dealkylation sites (tertiary alicyclic amines) is 1. The van der Waals surface area contributed by atoms with Crippen LogP contribution in [0.4, 0.5) is 8.78 Å². The van der Waals surface area contributed by atoms with Crippen LogP contribution in [0.25, 0.3) is 0 Å². The van der Waals surface area contributed by atoms with Crippen molar-refractivity contribution in [3.8, 4) is 0 Å². The van der Waals surface area contributed by atoms with Gasteiger partial charge < -0.3 is 0 Å². The summed E-state index contributed by atoms with van der Waals surface area (Å²) >= 11 is 0. The number of piperidine rings is 1. The van der Waals surface area contributed by atoms with Crippen molar-refractivity contribution >= 4 is 0 Å². The summed E-state index contributed by atoms with van der Waals surface area (Å²) in [4.78, 5) is 1.92. The van der Waals surface area contributed by atoms with E-state index in [4.69, 9.17) is 0 Å². The highest BCUT2D eigenvalue weighted by Gasteiger charge is 2.56. The minimum absolute atomic E-state index is 0.0161. The Morgan fingerprint density at radius 2 is 1.77 bits per heavy atom. The average molecular weight is 189 g/mol. The fourth-order valence-corrected chi connectivity index (χ4v) is 2.99. The molecule has 0 aromatic carbocycles. The van der Waals surface area contributed by atoms with Gasteiger partial charge in [0.25, 0.3) is 6.43 Å². The third-order valence-corrected chi connectivity index (χ3v) is 3.50. The third-order valence-electron chi connectivity index (χ3n) is 3.50. The lowest BCUT2D eigenvalue weighted by Crippen LogP contribution is -2.30. The van der Waals surface area contributed by atoms with Gasteiger partial charge in [0.15, 0.2) is 0 Å². The predicted molar refractivity (Wildman–Crippen MR) is 47.8 cm³/mol. The van der Waals surface area contributed by atoms with Crippen molar-refractivity contribution in [3.63, 3.8) is 0 Å². The molecule has 2 fully saturated rings. The van der Waals surface area contributed by atoms with E-state index in [1.165, 1.54) is 0 Å². The summed E-state index contributed by atoms with van der Waals surface area (Å²) in [5.74, 6) is 3.04. The fraction of sp³-hybridized carbons (Fsp3) is 1.00. The van der Waals surface area contributed by atoms with E-state index >= 15 is 0 Å². The van der Waals surface area contributed by atoms with Crippen molar-refractivity contribution < 1.29 is 8.78 Å². The van der Waals surface area contributed by atoms with Gasteiger partial charge in [-0.2, -0.15) is 0 Å². The first-order valence-electron chi connectivity index (χ1n) is 5.10. The molecule has 1 nitrogen and oxygen atoms in total. The van der Waals surface area contributed by atoms with Crippen molar-refractivity contribution in [1.82, 2.24) is 4.90 Å². The van der Waals surface area contributed by atoms with Crippen LogP contribution in [0.5, 0.6) is 0 Å². The van der Waals surface area contributed by atoms with Gasteiger partial charge in [0.05, 0.1) is 6.54 Å². The van der Waals surface area contributed by atoms with Crippen molar-refractivity contribution in [2.75, 3.05) is 19.6 Å². The Morgan fingerprint density at radius 1 is 1.23 bits per heavy atom. The molecular weight excluding hydrogens is 172 g/mol. The molecule has 0 N–H and O–H groups in total. The summed E-state index contributed by atoms with van der Waals surface area (Å²) in [6.45, 7) is 6.29. The maximum Gasteiger partial charge on any atom is 0.251 e. The van der Waals surface area contributed by atoms with Crippen LogP contribution in [-0.4, -0.2) is 31.0 Å². The summed E-state index contributed by atoms with van der Waals surface area (Å²) < 4.78 is 24.1. The molecule has 0 aromatic heterocycles. The molecular formula is C10H17F2N. The van der Waals surface area contributed by atoms with Crippen LogP contribution in [0.2, 0.25) is 0 Å². The van der Waals surface area contributed by atoms with Crippen LogP contribution in [0, 0.1) is 23.7 Å². The molecule has 1 aliphatic heterocycles. The number of halogens is 2. The Bertz CT molecular complexity index is 181. The number of fused-ring (bicyclic) bond motifs is 1. The molecule has 3 heteroatoms. The first kappa shape index (κ1) is 9.38. The third kappa shape index (κ3) is 1.71. The molecule has 0 aromatic rings. The molecule has 1 saturated heterocycles. The van der Waals surface area contributed by atoms with Crippen LogP contribution in [0.15, 0.2) is 0 Å². The fourth-order valence-electron chi connectivity index (χ4n) is 2.99. The van der Waals surface area contributed by atoms with E-state index in [0.717, 1.165) is 36.8 Å². The second kappa shape index (κ2) is 3.19. The zero-order chi connectivity index (χ0) is 9.59. The van der Waals surface area contributed by atoms with Crippen molar-refractivity contribution in [2.45, 2.75) is 20.3 Å². The van der Waals surface area contributed by atoms with E-state index in [9.17, 15) is 8.78 Å². The topological polar surface area (TPSA) is 3.24 Å². The molecule has 0 bridgehead atoms. The number of nitrogens with zero attached hydrogens (tertiary/aromatic N) is 1. The highest BCUT2D eigenvalue weighted by Crippen LogP contribution is 2.55. The normalized spacial score (nSPS) is 38.8. The lowest BCUT2D eigenvalue weighted by molar-refractivity contribution is 0.0905. The van der Waals surface area contributed by atoms with Gasteiger partial charge in [-0.3, -0.25) is 4.90 Å². The minimum atomic E-state index is -2.16. The van der Waals surface area contributed by atoms with Gasteiger partial charge in [0.2, 0.25) is 0 Å². The molecule has 76 valence electrons. The van der Waals surface area contributed by atoms with Crippen molar-refractivity contribution in [3.05, 3.63) is 0 Å². The number of hydrogen-bond donors (Lipinski definition) is 0. The lowest BCUT2D eigenvalue weighted by Gasteiger charge is -2.19. The van der Waals surface area contributed by atoms with Crippen LogP contribution >= 0.6 is 0 Å². The number of alkyl halides is 2. The second-order valence-corrected chi connectivity index (χ2v) is 4.76. The van der Waals surface area contributed by atoms with Crippen LogP contribution < -0.4 is 0 Å². The monoisotopic (exact) mass is 189 g/mol. The standard InChI is InChI=1S/C10H17F2N/c1-6(2)10-7-3-13(4-8(7)10)5-9(11)12/h6-10H,3-5H2,1-2H3. The van der Waals surface area contributed by atoms with Crippen LogP contribution in [0.3, 0.4) is 0 Å². The molecule has 1 heterocycles. The maximum atomic E-state index is 12.0. The first-order valence-corrected chi connectivity index (χ1v) is 5.10. The SMILES string of the molecule is CC(C)C1C2CN(CC(F)F)CC21. The maximum absolute atomic E-state index is 12.0. The van der Waals surface area contributed by atoms with Gasteiger partial charge in [-0.05, 0) is 23.7 Å². The highest BCUT2D eigenvalue weighted by atomic mass is 19.3. The second-order valence-electron chi connectivity index (χ2n) is 4.76. The van der Waals surface area contributed by atoms with Crippen molar-refractivity contribution in [1.29, 1.82) is 0 Å². The van der Waals surface area contributed by atoms with Crippen LogP contribution in [0.1, 0.15) is 13.8 Å². The van der Waals surface area contributed by atoms with Gasteiger partial charge in [-0.1, -0.05) is 13.8 Å². The molecule has 2 aliphatic rings. The smallest absolute Gasteiger partial charge is 0.251 e. The molecule has 1 aliphatic carbocycles. The van der Waals surface area contributed by atoms with E-state index in [2.05, 4.69) is 13.8 Å². The van der Waals surface area contributed by atoms with Crippen molar-refractivity contribution in [2.24, 2.45) is 23.7 Å². The quantitative estimate of drug-likeness (QED) is 0.657. The predicted octanol–water partition coefficient (Wildman–Crippen LogP) is 2.09. The molecule has 2 unspecified atom stereocenters. The molecule has 2 rings (SSSR count). The zero-order valence-corrected chi connectivity index (χ0v) is 8.21. The summed E-state index contributed by atoms with van der Waals surface area (Å²) in [6.07, 6.45) is -2.16. The number of hydrogen-bond acceptors (Lipinski definition) is 1. The van der Waals surface area contributed by atoms with E-state index in [0.29, 0.717) is 0 Å². The van der Waals surface area contributed by atoms with Gasteiger partial charge in [0, 0.05) is 13.1 Å². The Morgan fingerprint density at radius 3 is 2.15 bits per heavy atom. The average Bonchev–Trinajstić information content (AvgIpc) is 2.49. The summed E-state index contributed by atoms with van der Waals surface area (Å²) in [7, 11) is 0. The minimum Gasteiger partial charge on any atom is -0.297 e. The highest BCUT2D eigenvalue weighted by molar-refractivity contribution is 5.05. The first-order chi connectivity index (χ1) is 6.09. The summed E-state index contributed by atoms with van der Waals surface area (Å²) in [5.41, 5.74) is 0. The zero-order valence-electron chi connectivity index (χ0n) is 8.21. The Labute approximate surface area is 78.1 Å². The molecule has 0 amide bonds. The van der Waals surface area contributed by atoms with Crippen LogP contribution in [-0.2, 0) is 0 Å². The number of rotatable bonds is 3. The largest absolute Gasteiger partial charge is 0.297 e.